The Morgan fingerprint density at radius 1 is 1.21 bits per heavy atom. The van der Waals surface area contributed by atoms with Crippen molar-refractivity contribution in [2.24, 2.45) is 0 Å². The number of aromatic amines is 1. The summed E-state index contributed by atoms with van der Waals surface area (Å²) in [6.45, 7) is 3.31. The molecule has 2 aromatic heterocycles. The van der Waals surface area contributed by atoms with Crippen LogP contribution in [0.4, 0.5) is 0 Å². The lowest BCUT2D eigenvalue weighted by Gasteiger charge is -2.25. The van der Waals surface area contributed by atoms with Gasteiger partial charge < -0.3 is 9.72 Å². The third kappa shape index (κ3) is 4.09. The second kappa shape index (κ2) is 8.27. The average molecular weight is 432 g/mol. The van der Waals surface area contributed by atoms with Crippen molar-refractivity contribution in [3.63, 3.8) is 0 Å². The minimum atomic E-state index is -3.57. The molecule has 0 bridgehead atoms. The lowest BCUT2D eigenvalue weighted by molar-refractivity contribution is 0.0730. The van der Waals surface area contributed by atoms with Gasteiger partial charge in [-0.2, -0.15) is 4.31 Å². The van der Waals surface area contributed by atoms with Crippen LogP contribution in [0.1, 0.15) is 17.3 Å². The zero-order chi connectivity index (χ0) is 20.4. The van der Waals surface area contributed by atoms with Crippen LogP contribution in [0.25, 0.3) is 10.9 Å². The van der Waals surface area contributed by atoms with Gasteiger partial charge in [-0.3, -0.25) is 4.79 Å². The van der Waals surface area contributed by atoms with E-state index in [1.165, 1.54) is 22.3 Å². The Morgan fingerprint density at radius 3 is 2.69 bits per heavy atom. The first-order valence-corrected chi connectivity index (χ1v) is 11.6. The third-order valence-corrected chi connectivity index (χ3v) is 7.77. The smallest absolute Gasteiger partial charge is 0.244 e. The number of hydrogen-bond acceptors (Lipinski definition) is 6. The summed E-state index contributed by atoms with van der Waals surface area (Å²) in [5.41, 5.74) is 1.57. The molecule has 9 heteroatoms. The van der Waals surface area contributed by atoms with Gasteiger partial charge in [0.25, 0.3) is 0 Å². The van der Waals surface area contributed by atoms with Crippen molar-refractivity contribution in [3.05, 3.63) is 54.4 Å². The number of ether oxygens (including phenoxy) is 1. The number of H-pyrrole nitrogens is 1. The van der Waals surface area contributed by atoms with Crippen molar-refractivity contribution < 1.29 is 17.9 Å². The van der Waals surface area contributed by atoms with Crippen LogP contribution >= 0.6 is 11.8 Å². The summed E-state index contributed by atoms with van der Waals surface area (Å²) in [6, 6.07) is 10.9. The Balaban J connectivity index is 1.47. The standard InChI is InChI=1S/C20H21N3O4S2/c1-14(20(24)17-13-21-18-5-3-2-4-16(17)18)28-19-7-6-15(12-22-19)29(25,26)23-8-10-27-11-9-23/h2-7,12-14,21H,8-11H2,1H3/t14-/m1/s1. The van der Waals surface area contributed by atoms with E-state index >= 15 is 0 Å². The van der Waals surface area contributed by atoms with Crippen LogP contribution in [0.2, 0.25) is 0 Å². The molecule has 4 rings (SSSR count). The molecule has 1 aliphatic heterocycles. The normalized spacial score (nSPS) is 16.7. The van der Waals surface area contributed by atoms with Gasteiger partial charge in [-0.1, -0.05) is 30.0 Å². The summed E-state index contributed by atoms with van der Waals surface area (Å²) in [5, 5.41) is 1.14. The maximum absolute atomic E-state index is 12.9. The molecule has 0 amide bonds. The Bertz CT molecular complexity index is 1120. The van der Waals surface area contributed by atoms with Crippen LogP contribution in [0.15, 0.2) is 58.7 Å². The van der Waals surface area contributed by atoms with E-state index in [2.05, 4.69) is 9.97 Å². The van der Waals surface area contributed by atoms with Gasteiger partial charge >= 0.3 is 0 Å². The summed E-state index contributed by atoms with van der Waals surface area (Å²) in [5.74, 6) is -0.000681. The summed E-state index contributed by atoms with van der Waals surface area (Å²) in [6.07, 6.45) is 3.09. The molecule has 1 N–H and O–H groups in total. The number of rotatable bonds is 6. The van der Waals surface area contributed by atoms with Crippen molar-refractivity contribution in [2.75, 3.05) is 26.3 Å². The average Bonchev–Trinajstić information content (AvgIpc) is 3.18. The number of aromatic nitrogens is 2. The summed E-state index contributed by atoms with van der Waals surface area (Å²) in [7, 11) is -3.57. The van der Waals surface area contributed by atoms with Crippen molar-refractivity contribution in [2.45, 2.75) is 22.1 Å². The monoisotopic (exact) mass is 431 g/mol. The molecule has 7 nitrogen and oxygen atoms in total. The molecule has 1 aromatic carbocycles. The van der Waals surface area contributed by atoms with Gasteiger partial charge in [-0.15, -0.1) is 0 Å². The third-order valence-electron chi connectivity index (χ3n) is 4.84. The van der Waals surface area contributed by atoms with Crippen molar-refractivity contribution in [1.82, 2.24) is 14.3 Å². The molecule has 0 radical (unpaired) electrons. The van der Waals surface area contributed by atoms with Crippen LogP contribution in [0.3, 0.4) is 0 Å². The first-order valence-electron chi connectivity index (χ1n) is 9.28. The molecule has 3 heterocycles. The second-order valence-electron chi connectivity index (χ2n) is 6.72. The molecule has 3 aromatic rings. The molecule has 1 aliphatic rings. The fourth-order valence-corrected chi connectivity index (χ4v) is 5.46. The lowest BCUT2D eigenvalue weighted by atomic mass is 10.1. The number of nitrogens with zero attached hydrogens (tertiary/aromatic N) is 2. The SMILES string of the molecule is C[C@@H](Sc1ccc(S(=O)(=O)N2CCOCC2)cn1)C(=O)c1c[nH]c2ccccc12. The van der Waals surface area contributed by atoms with Crippen molar-refractivity contribution in [1.29, 1.82) is 0 Å². The van der Waals surface area contributed by atoms with E-state index < -0.39 is 10.0 Å². The molecule has 0 unspecified atom stereocenters. The van der Waals surface area contributed by atoms with E-state index in [1.807, 2.05) is 31.2 Å². The Hall–Kier alpha value is -2.20. The number of hydrogen-bond donors (Lipinski definition) is 1. The van der Waals surface area contributed by atoms with Gasteiger partial charge in [0.05, 0.1) is 23.5 Å². The van der Waals surface area contributed by atoms with Crippen LogP contribution in [0, 0.1) is 0 Å². The molecule has 1 saturated heterocycles. The maximum Gasteiger partial charge on any atom is 0.244 e. The number of sulfonamides is 1. The summed E-state index contributed by atoms with van der Waals surface area (Å²) >= 11 is 1.31. The highest BCUT2D eigenvalue weighted by Crippen LogP contribution is 2.28. The van der Waals surface area contributed by atoms with Gasteiger partial charge in [0.2, 0.25) is 10.0 Å². The molecule has 29 heavy (non-hydrogen) atoms. The fraction of sp³-hybridized carbons (Fsp3) is 0.300. The van der Waals surface area contributed by atoms with Crippen LogP contribution in [-0.2, 0) is 14.8 Å². The largest absolute Gasteiger partial charge is 0.379 e. The second-order valence-corrected chi connectivity index (χ2v) is 10.0. The molecule has 0 spiro atoms. The maximum atomic E-state index is 12.9. The van der Waals surface area contributed by atoms with Gasteiger partial charge in [-0.05, 0) is 25.1 Å². The minimum Gasteiger partial charge on any atom is -0.379 e. The molecule has 152 valence electrons. The van der Waals surface area contributed by atoms with E-state index in [0.29, 0.717) is 36.9 Å². The summed E-state index contributed by atoms with van der Waals surface area (Å²) < 4.78 is 32.0. The van der Waals surface area contributed by atoms with E-state index in [1.54, 1.807) is 18.3 Å². The Morgan fingerprint density at radius 2 is 1.97 bits per heavy atom. The lowest BCUT2D eigenvalue weighted by Crippen LogP contribution is -2.40. The fourth-order valence-electron chi connectivity index (χ4n) is 3.25. The van der Waals surface area contributed by atoms with Crippen LogP contribution < -0.4 is 0 Å². The number of nitrogens with one attached hydrogen (secondary N) is 1. The zero-order valence-corrected chi connectivity index (χ0v) is 17.5. The highest BCUT2D eigenvalue weighted by atomic mass is 32.2. The van der Waals surface area contributed by atoms with Crippen molar-refractivity contribution >= 4 is 38.5 Å². The minimum absolute atomic E-state index is 0.000681. The number of thioether (sulfide) groups is 1. The van der Waals surface area contributed by atoms with Crippen LogP contribution in [0.5, 0.6) is 0 Å². The first-order chi connectivity index (χ1) is 14.0. The van der Waals surface area contributed by atoms with Crippen molar-refractivity contribution in [3.8, 4) is 0 Å². The number of benzene rings is 1. The summed E-state index contributed by atoms with van der Waals surface area (Å²) in [4.78, 5) is 20.4. The van der Waals surface area contributed by atoms with Gasteiger partial charge in [-0.25, -0.2) is 13.4 Å². The highest BCUT2D eigenvalue weighted by molar-refractivity contribution is 8.00. The number of morpholine rings is 1. The molecule has 1 fully saturated rings. The number of fused-ring (bicyclic) bond motifs is 1. The number of pyridine rings is 1. The topological polar surface area (TPSA) is 92.4 Å². The number of ketones is 1. The number of para-hydroxylation sites is 1. The van der Waals surface area contributed by atoms with Gasteiger partial charge in [0.1, 0.15) is 4.90 Å². The van der Waals surface area contributed by atoms with E-state index in [-0.39, 0.29) is 15.9 Å². The predicted molar refractivity (Wildman–Crippen MR) is 112 cm³/mol. The number of carbonyl (C=O) groups is 1. The molecule has 1 atom stereocenters. The van der Waals surface area contributed by atoms with Crippen LogP contribution in [-0.4, -0.2) is 60.0 Å². The zero-order valence-electron chi connectivity index (χ0n) is 15.9. The molecular formula is C20H21N3O4S2. The van der Waals surface area contributed by atoms with Gasteiger partial charge in [0.15, 0.2) is 5.78 Å². The quantitative estimate of drug-likeness (QED) is 0.477. The van der Waals surface area contributed by atoms with E-state index in [9.17, 15) is 13.2 Å². The highest BCUT2D eigenvalue weighted by Gasteiger charge is 2.27. The predicted octanol–water partition coefficient (Wildman–Crippen LogP) is 2.95. The Labute approximate surface area is 173 Å². The number of Topliss-reactive ketones (excluding diaryl/α,β-unsaturated/α-hetero) is 1. The van der Waals surface area contributed by atoms with E-state index in [0.717, 1.165) is 10.9 Å². The first kappa shape index (κ1) is 20.1. The number of carbonyl (C=O) groups excluding carboxylic acids is 1. The molecular weight excluding hydrogens is 410 g/mol. The van der Waals surface area contributed by atoms with E-state index in [4.69, 9.17) is 4.74 Å². The Kier molecular flexibility index (Phi) is 5.73. The molecule has 0 aliphatic carbocycles. The van der Waals surface area contributed by atoms with Gasteiger partial charge in [0, 0.05) is 41.9 Å². The molecule has 0 saturated carbocycles.